The van der Waals surface area contributed by atoms with Crippen LogP contribution in [0.4, 0.5) is 11.4 Å². The smallest absolute Gasteiger partial charge is 0.0666 e. The van der Waals surface area contributed by atoms with Gasteiger partial charge in [0, 0.05) is 18.5 Å². The predicted molar refractivity (Wildman–Crippen MR) is 69.7 cm³/mol. The minimum Gasteiger partial charge on any atom is -0.399 e. The van der Waals surface area contributed by atoms with Crippen molar-refractivity contribution >= 4 is 11.4 Å². The molecule has 1 aromatic carbocycles. The monoisotopic (exact) mass is 222 g/mol. The summed E-state index contributed by atoms with van der Waals surface area (Å²) in [6.45, 7) is 7.10. The van der Waals surface area contributed by atoms with Gasteiger partial charge in [0.1, 0.15) is 0 Å². The quantitative estimate of drug-likeness (QED) is 0.753. The number of hydrogen-bond acceptors (Lipinski definition) is 3. The van der Waals surface area contributed by atoms with Crippen molar-refractivity contribution in [2.75, 3.05) is 24.8 Å². The third-order valence-corrected chi connectivity index (χ3v) is 2.60. The lowest BCUT2D eigenvalue weighted by Gasteiger charge is -2.23. The van der Waals surface area contributed by atoms with Gasteiger partial charge < -0.3 is 15.8 Å². The van der Waals surface area contributed by atoms with Crippen LogP contribution in [0.15, 0.2) is 18.2 Å². The largest absolute Gasteiger partial charge is 0.399 e. The second kappa shape index (κ2) is 5.75. The zero-order valence-electron chi connectivity index (χ0n) is 10.6. The second-order valence-electron chi connectivity index (χ2n) is 4.58. The molecule has 0 aliphatic carbocycles. The van der Waals surface area contributed by atoms with Gasteiger partial charge in [-0.2, -0.15) is 0 Å². The van der Waals surface area contributed by atoms with Crippen LogP contribution in [0.5, 0.6) is 0 Å². The van der Waals surface area contributed by atoms with Crippen LogP contribution < -0.4 is 11.1 Å². The van der Waals surface area contributed by atoms with E-state index in [2.05, 4.69) is 25.2 Å². The molecule has 0 heterocycles. The summed E-state index contributed by atoms with van der Waals surface area (Å²) in [5, 5.41) is 3.46. The number of benzene rings is 1. The van der Waals surface area contributed by atoms with Gasteiger partial charge >= 0.3 is 0 Å². The Labute approximate surface area is 98.0 Å². The van der Waals surface area contributed by atoms with E-state index in [-0.39, 0.29) is 0 Å². The summed E-state index contributed by atoms with van der Waals surface area (Å²) in [5.41, 5.74) is 8.84. The molecule has 0 radical (unpaired) electrons. The molecule has 1 atom stereocenters. The summed E-state index contributed by atoms with van der Waals surface area (Å²) < 4.78 is 5.20. The molecule has 0 fully saturated rings. The molecule has 0 saturated carbocycles. The van der Waals surface area contributed by atoms with E-state index in [1.54, 1.807) is 7.11 Å². The molecular formula is C13H22N2O. The molecular weight excluding hydrogens is 200 g/mol. The number of rotatable bonds is 5. The third kappa shape index (κ3) is 3.74. The number of hydrogen-bond donors (Lipinski definition) is 2. The first-order valence-electron chi connectivity index (χ1n) is 5.65. The first-order chi connectivity index (χ1) is 7.52. The van der Waals surface area contributed by atoms with Crippen LogP contribution in [-0.2, 0) is 4.74 Å². The van der Waals surface area contributed by atoms with Crippen LogP contribution in [0, 0.1) is 12.8 Å². The predicted octanol–water partition coefficient (Wildman–Crippen LogP) is 2.66. The summed E-state index contributed by atoms with van der Waals surface area (Å²) in [6.07, 6.45) is 0. The van der Waals surface area contributed by atoms with Crippen molar-refractivity contribution in [1.29, 1.82) is 0 Å². The number of aryl methyl sites for hydroxylation is 1. The zero-order chi connectivity index (χ0) is 12.1. The molecule has 1 aromatic rings. The lowest BCUT2D eigenvalue weighted by molar-refractivity contribution is 0.171. The van der Waals surface area contributed by atoms with Crippen LogP contribution in [0.3, 0.4) is 0 Å². The highest BCUT2D eigenvalue weighted by Crippen LogP contribution is 2.18. The van der Waals surface area contributed by atoms with Crippen molar-refractivity contribution in [2.24, 2.45) is 5.92 Å². The van der Waals surface area contributed by atoms with Gasteiger partial charge in [-0.05, 0) is 36.6 Å². The minimum atomic E-state index is 0.311. The number of anilines is 2. The van der Waals surface area contributed by atoms with Crippen LogP contribution in [0.25, 0.3) is 0 Å². The lowest BCUT2D eigenvalue weighted by Crippen LogP contribution is -2.30. The van der Waals surface area contributed by atoms with Crippen molar-refractivity contribution in [3.63, 3.8) is 0 Å². The number of ether oxygens (including phenoxy) is 1. The van der Waals surface area contributed by atoms with Crippen molar-refractivity contribution in [3.05, 3.63) is 23.8 Å². The van der Waals surface area contributed by atoms with Gasteiger partial charge in [-0.1, -0.05) is 13.8 Å². The molecule has 0 saturated heterocycles. The van der Waals surface area contributed by atoms with E-state index in [9.17, 15) is 0 Å². The van der Waals surface area contributed by atoms with Crippen molar-refractivity contribution < 1.29 is 4.74 Å². The Bertz CT molecular complexity index is 316. The molecule has 3 nitrogen and oxygen atoms in total. The molecule has 0 amide bonds. The first-order valence-corrected chi connectivity index (χ1v) is 5.65. The third-order valence-electron chi connectivity index (χ3n) is 2.60. The molecule has 0 bridgehead atoms. The van der Waals surface area contributed by atoms with E-state index < -0.39 is 0 Å². The lowest BCUT2D eigenvalue weighted by atomic mass is 10.0. The Kier molecular flexibility index (Phi) is 4.62. The Morgan fingerprint density at radius 1 is 1.31 bits per heavy atom. The van der Waals surface area contributed by atoms with E-state index >= 15 is 0 Å². The zero-order valence-corrected chi connectivity index (χ0v) is 10.6. The van der Waals surface area contributed by atoms with E-state index in [1.807, 2.05) is 19.1 Å². The first kappa shape index (κ1) is 12.8. The highest BCUT2D eigenvalue weighted by Gasteiger charge is 2.12. The molecule has 16 heavy (non-hydrogen) atoms. The van der Waals surface area contributed by atoms with Gasteiger partial charge in [0.25, 0.3) is 0 Å². The van der Waals surface area contributed by atoms with Crippen LogP contribution >= 0.6 is 0 Å². The number of nitrogens with one attached hydrogen (secondary N) is 1. The average Bonchev–Trinajstić information content (AvgIpc) is 2.15. The average molecular weight is 222 g/mol. The molecule has 1 rings (SSSR count). The SMILES string of the molecule is COCC(Nc1cc(C)cc(N)c1)C(C)C. The van der Waals surface area contributed by atoms with Crippen molar-refractivity contribution in [1.82, 2.24) is 0 Å². The van der Waals surface area contributed by atoms with Crippen molar-refractivity contribution in [3.8, 4) is 0 Å². The number of nitrogens with two attached hydrogens (primary N) is 1. The molecule has 0 aliphatic heterocycles. The van der Waals surface area contributed by atoms with Gasteiger partial charge in [-0.3, -0.25) is 0 Å². The maximum absolute atomic E-state index is 5.81. The highest BCUT2D eigenvalue weighted by atomic mass is 16.5. The fraction of sp³-hybridized carbons (Fsp3) is 0.538. The van der Waals surface area contributed by atoms with E-state index in [0.29, 0.717) is 18.6 Å². The molecule has 3 heteroatoms. The maximum Gasteiger partial charge on any atom is 0.0666 e. The number of methoxy groups -OCH3 is 1. The van der Waals surface area contributed by atoms with Crippen molar-refractivity contribution in [2.45, 2.75) is 26.8 Å². The highest BCUT2D eigenvalue weighted by molar-refractivity contribution is 5.57. The van der Waals surface area contributed by atoms with Gasteiger partial charge in [0.2, 0.25) is 0 Å². The summed E-state index contributed by atoms with van der Waals surface area (Å²) in [4.78, 5) is 0. The Balaban J connectivity index is 2.76. The molecule has 0 aliphatic rings. The second-order valence-corrected chi connectivity index (χ2v) is 4.58. The van der Waals surface area contributed by atoms with Crippen LogP contribution in [0.1, 0.15) is 19.4 Å². The Morgan fingerprint density at radius 3 is 2.50 bits per heavy atom. The summed E-state index contributed by atoms with van der Waals surface area (Å²) in [7, 11) is 1.72. The normalized spacial score (nSPS) is 12.8. The molecule has 1 unspecified atom stereocenters. The standard InChI is InChI=1S/C13H22N2O/c1-9(2)13(8-16-4)15-12-6-10(3)5-11(14)7-12/h5-7,9,13,15H,8,14H2,1-4H3. The Hall–Kier alpha value is -1.22. The number of nitrogen functional groups attached to an aromatic ring is 1. The summed E-state index contributed by atoms with van der Waals surface area (Å²) >= 11 is 0. The molecule has 0 spiro atoms. The van der Waals surface area contributed by atoms with Gasteiger partial charge in [-0.25, -0.2) is 0 Å². The molecule has 3 N–H and O–H groups in total. The van der Waals surface area contributed by atoms with Crippen LogP contribution in [0.2, 0.25) is 0 Å². The van der Waals surface area contributed by atoms with Gasteiger partial charge in [0.15, 0.2) is 0 Å². The van der Waals surface area contributed by atoms with E-state index in [1.165, 1.54) is 5.56 Å². The van der Waals surface area contributed by atoms with Gasteiger partial charge in [0.05, 0.1) is 12.6 Å². The summed E-state index contributed by atoms with van der Waals surface area (Å²) in [6, 6.07) is 6.33. The van der Waals surface area contributed by atoms with E-state index in [4.69, 9.17) is 10.5 Å². The minimum absolute atomic E-state index is 0.311. The maximum atomic E-state index is 5.81. The topological polar surface area (TPSA) is 47.3 Å². The Morgan fingerprint density at radius 2 is 2.00 bits per heavy atom. The fourth-order valence-corrected chi connectivity index (χ4v) is 1.69. The van der Waals surface area contributed by atoms with E-state index in [0.717, 1.165) is 11.4 Å². The fourth-order valence-electron chi connectivity index (χ4n) is 1.69. The summed E-state index contributed by atoms with van der Waals surface area (Å²) in [5.74, 6) is 0.515. The van der Waals surface area contributed by atoms with Crippen LogP contribution in [-0.4, -0.2) is 19.8 Å². The molecule has 90 valence electrons. The molecule has 0 aromatic heterocycles. The van der Waals surface area contributed by atoms with Gasteiger partial charge in [-0.15, -0.1) is 0 Å².